The highest BCUT2D eigenvalue weighted by Gasteiger charge is 2.38. The Kier molecular flexibility index (Phi) is 21.5. The Bertz CT molecular complexity index is 576. The zero-order valence-electron chi connectivity index (χ0n) is 22.0. The molecule has 1 aliphatic rings. The molecule has 35 heavy (non-hydrogen) atoms. The van der Waals surface area contributed by atoms with Crippen molar-refractivity contribution in [2.45, 2.75) is 135 Å². The molecule has 0 aliphatic carbocycles. The summed E-state index contributed by atoms with van der Waals surface area (Å²) < 4.78 is 9.53. The lowest BCUT2D eigenvalue weighted by molar-refractivity contribution is -0.147. The second-order valence-electron chi connectivity index (χ2n) is 9.23. The summed E-state index contributed by atoms with van der Waals surface area (Å²) in [6.07, 6.45) is 18.6. The van der Waals surface area contributed by atoms with Crippen molar-refractivity contribution >= 4 is 11.9 Å². The number of aliphatic hydroxyl groups is 4. The lowest BCUT2D eigenvalue weighted by Gasteiger charge is -2.13. The summed E-state index contributed by atoms with van der Waals surface area (Å²) in [6, 6.07) is 0. The first-order valence-corrected chi connectivity index (χ1v) is 13.7. The summed E-state index contributed by atoms with van der Waals surface area (Å²) in [5.41, 5.74) is 0. The SMILES string of the molecule is CCCCCCCCCCCCCCCC(=O)OCCCCC.O=C1O[C@H]([C@@H](O)CO)C(O)=C1O. The van der Waals surface area contributed by atoms with E-state index in [-0.39, 0.29) is 5.97 Å². The molecule has 0 radical (unpaired) electrons. The van der Waals surface area contributed by atoms with E-state index in [2.05, 4.69) is 18.6 Å². The second-order valence-corrected chi connectivity index (χ2v) is 9.23. The van der Waals surface area contributed by atoms with E-state index in [4.69, 9.17) is 25.2 Å². The number of hydrogen-bond donors (Lipinski definition) is 4. The predicted octanol–water partition coefficient (Wildman–Crippen LogP) is 5.79. The third kappa shape index (κ3) is 17.3. The van der Waals surface area contributed by atoms with Crippen LogP contribution in [0.4, 0.5) is 0 Å². The Morgan fingerprint density at radius 3 is 1.71 bits per heavy atom. The van der Waals surface area contributed by atoms with E-state index in [1.54, 1.807) is 0 Å². The van der Waals surface area contributed by atoms with Gasteiger partial charge in [0.05, 0.1) is 13.2 Å². The largest absolute Gasteiger partial charge is 0.505 e. The molecule has 4 N–H and O–H groups in total. The molecule has 0 aromatic heterocycles. The predicted molar refractivity (Wildman–Crippen MR) is 136 cm³/mol. The molecule has 1 rings (SSSR count). The molecule has 0 spiro atoms. The van der Waals surface area contributed by atoms with Crippen molar-refractivity contribution in [3.05, 3.63) is 11.5 Å². The van der Waals surface area contributed by atoms with Crippen LogP contribution in [0.2, 0.25) is 0 Å². The number of cyclic esters (lactones) is 1. The number of aliphatic hydroxyl groups excluding tert-OH is 4. The van der Waals surface area contributed by atoms with Crippen molar-refractivity contribution in [1.82, 2.24) is 0 Å². The van der Waals surface area contributed by atoms with Crippen molar-refractivity contribution in [2.75, 3.05) is 13.2 Å². The van der Waals surface area contributed by atoms with Gasteiger partial charge in [0.15, 0.2) is 11.9 Å². The minimum Gasteiger partial charge on any atom is -0.505 e. The van der Waals surface area contributed by atoms with E-state index < -0.39 is 36.3 Å². The van der Waals surface area contributed by atoms with Gasteiger partial charge in [0.2, 0.25) is 5.76 Å². The molecular formula is C27H50O8. The molecule has 0 aromatic rings. The molecule has 2 atom stereocenters. The summed E-state index contributed by atoms with van der Waals surface area (Å²) in [5.74, 6) is -2.77. The van der Waals surface area contributed by atoms with Crippen molar-refractivity contribution < 1.29 is 39.5 Å². The van der Waals surface area contributed by atoms with Gasteiger partial charge < -0.3 is 29.9 Å². The Balaban J connectivity index is 0.000000801. The number of esters is 2. The molecule has 206 valence electrons. The normalized spacial score (nSPS) is 16.0. The summed E-state index contributed by atoms with van der Waals surface area (Å²) in [4.78, 5) is 22.0. The molecule has 0 fully saturated rings. The van der Waals surface area contributed by atoms with Crippen LogP contribution in [0.25, 0.3) is 0 Å². The van der Waals surface area contributed by atoms with Crippen LogP contribution in [0, 0.1) is 0 Å². The standard InChI is InChI=1S/C21H42O2.C6H8O6/c1-3-5-7-8-9-10-11-12-13-14-15-16-17-19-21(22)23-20-18-6-4-2;7-1-2(8)5-3(9)4(10)6(11)12-5/h3-20H2,1-2H3;2,5,7-10H,1H2/t;2-,5+/m.0/s1. The molecule has 1 aliphatic heterocycles. The van der Waals surface area contributed by atoms with Gasteiger partial charge >= 0.3 is 11.9 Å². The molecule has 0 bridgehead atoms. The van der Waals surface area contributed by atoms with Crippen molar-refractivity contribution in [3.8, 4) is 0 Å². The zero-order chi connectivity index (χ0) is 26.3. The summed E-state index contributed by atoms with van der Waals surface area (Å²) >= 11 is 0. The lowest BCUT2D eigenvalue weighted by Crippen LogP contribution is -2.31. The van der Waals surface area contributed by atoms with Crippen LogP contribution < -0.4 is 0 Å². The van der Waals surface area contributed by atoms with Gasteiger partial charge in [0, 0.05) is 6.42 Å². The molecule has 0 saturated carbocycles. The highest BCUT2D eigenvalue weighted by Crippen LogP contribution is 2.21. The zero-order valence-corrected chi connectivity index (χ0v) is 22.0. The molecule has 0 saturated heterocycles. The van der Waals surface area contributed by atoms with Gasteiger partial charge in [-0.3, -0.25) is 4.79 Å². The molecule has 8 nitrogen and oxygen atoms in total. The molecule has 0 aromatic carbocycles. The van der Waals surface area contributed by atoms with Gasteiger partial charge in [-0.15, -0.1) is 0 Å². The number of hydrogen-bond acceptors (Lipinski definition) is 8. The van der Waals surface area contributed by atoms with E-state index in [1.165, 1.54) is 83.5 Å². The third-order valence-corrected chi connectivity index (χ3v) is 5.97. The van der Waals surface area contributed by atoms with Crippen LogP contribution in [0.3, 0.4) is 0 Å². The fourth-order valence-corrected chi connectivity index (χ4v) is 3.72. The number of rotatable bonds is 20. The van der Waals surface area contributed by atoms with Gasteiger partial charge in [-0.25, -0.2) is 4.79 Å². The maximum Gasteiger partial charge on any atom is 0.377 e. The van der Waals surface area contributed by atoms with E-state index in [1.807, 2.05) is 0 Å². The van der Waals surface area contributed by atoms with Crippen LogP contribution >= 0.6 is 0 Å². The van der Waals surface area contributed by atoms with Crippen LogP contribution in [0.5, 0.6) is 0 Å². The van der Waals surface area contributed by atoms with Crippen molar-refractivity contribution in [2.24, 2.45) is 0 Å². The fourth-order valence-electron chi connectivity index (χ4n) is 3.72. The Hall–Kier alpha value is -1.80. The number of carbonyl (C=O) groups excluding carboxylic acids is 2. The summed E-state index contributed by atoms with van der Waals surface area (Å²) in [6.45, 7) is 4.38. The maximum absolute atomic E-state index is 11.5. The fraction of sp³-hybridized carbons (Fsp3) is 0.852. The molecule has 1 heterocycles. The van der Waals surface area contributed by atoms with Crippen LogP contribution in [-0.4, -0.2) is 57.8 Å². The number of carbonyl (C=O) groups is 2. The minimum atomic E-state index is -1.42. The highest BCUT2D eigenvalue weighted by molar-refractivity contribution is 5.89. The Labute approximate surface area is 211 Å². The van der Waals surface area contributed by atoms with Gasteiger partial charge in [-0.2, -0.15) is 0 Å². The highest BCUT2D eigenvalue weighted by atomic mass is 16.6. The first kappa shape index (κ1) is 33.2. The smallest absolute Gasteiger partial charge is 0.377 e. The minimum absolute atomic E-state index is 0.00387. The van der Waals surface area contributed by atoms with Gasteiger partial charge in [-0.1, -0.05) is 104 Å². The second kappa shape index (κ2) is 22.7. The van der Waals surface area contributed by atoms with Gasteiger partial charge in [0.1, 0.15) is 6.10 Å². The quantitative estimate of drug-likeness (QED) is 0.121. The van der Waals surface area contributed by atoms with Crippen molar-refractivity contribution in [3.63, 3.8) is 0 Å². The lowest BCUT2D eigenvalue weighted by atomic mass is 10.0. The average Bonchev–Trinajstić information content (AvgIpc) is 3.11. The monoisotopic (exact) mass is 502 g/mol. The summed E-state index contributed by atoms with van der Waals surface area (Å²) in [7, 11) is 0. The van der Waals surface area contributed by atoms with Crippen LogP contribution in [0.15, 0.2) is 11.5 Å². The molecule has 0 unspecified atom stereocenters. The van der Waals surface area contributed by atoms with E-state index in [0.717, 1.165) is 19.3 Å². The third-order valence-electron chi connectivity index (χ3n) is 5.97. The number of ether oxygens (including phenoxy) is 2. The van der Waals surface area contributed by atoms with E-state index in [0.29, 0.717) is 13.0 Å². The summed E-state index contributed by atoms with van der Waals surface area (Å²) in [5, 5.41) is 35.0. The molecular weight excluding hydrogens is 452 g/mol. The first-order chi connectivity index (χ1) is 16.9. The Morgan fingerprint density at radius 1 is 0.829 bits per heavy atom. The number of unbranched alkanes of at least 4 members (excludes halogenated alkanes) is 14. The topological polar surface area (TPSA) is 134 Å². The molecule has 8 heteroatoms. The van der Waals surface area contributed by atoms with Crippen LogP contribution in [-0.2, 0) is 19.1 Å². The van der Waals surface area contributed by atoms with Gasteiger partial charge in [-0.05, 0) is 12.8 Å². The van der Waals surface area contributed by atoms with E-state index in [9.17, 15) is 9.59 Å². The van der Waals surface area contributed by atoms with Crippen LogP contribution in [0.1, 0.15) is 123 Å². The Morgan fingerprint density at radius 2 is 1.29 bits per heavy atom. The maximum atomic E-state index is 11.5. The molecule has 0 amide bonds. The van der Waals surface area contributed by atoms with Crippen molar-refractivity contribution in [1.29, 1.82) is 0 Å². The van der Waals surface area contributed by atoms with E-state index >= 15 is 0 Å². The average molecular weight is 503 g/mol. The van der Waals surface area contributed by atoms with Gasteiger partial charge in [0.25, 0.3) is 0 Å². The first-order valence-electron chi connectivity index (χ1n) is 13.7.